The molecule has 0 unspecified atom stereocenters. The molecule has 1 rings (SSSR count). The molecule has 0 atom stereocenters. The second-order valence-electron chi connectivity index (χ2n) is 2.19. The van der Waals surface area contributed by atoms with E-state index in [1.54, 1.807) is 19.5 Å². The normalized spacial score (nSPS) is 9.83. The molecule has 0 aromatic carbocycles. The van der Waals surface area contributed by atoms with Crippen LogP contribution in [0.1, 0.15) is 6.92 Å². The zero-order valence-corrected chi connectivity index (χ0v) is 7.23. The number of hydrogen-bond donors (Lipinski definition) is 0. The number of nitrogens with zero attached hydrogens (tertiary/aromatic N) is 2. The third-order valence-electron chi connectivity index (χ3n) is 1.38. The average Bonchev–Trinajstić information content (AvgIpc) is 2.15. The highest BCUT2D eigenvalue weighted by molar-refractivity contribution is 6.61. The fourth-order valence-electron chi connectivity index (χ4n) is 0.884. The van der Waals surface area contributed by atoms with E-state index in [0.29, 0.717) is 6.61 Å². The number of aromatic nitrogens is 2. The summed E-state index contributed by atoms with van der Waals surface area (Å²) in [6, 6.07) is 0. The highest BCUT2D eigenvalue weighted by Gasteiger charge is 2.18. The predicted octanol–water partition coefficient (Wildman–Crippen LogP) is -0.145. The molecule has 64 valence electrons. The largest absolute Gasteiger partial charge is 0.496 e. The lowest BCUT2D eigenvalue weighted by Gasteiger charge is -2.08. The van der Waals surface area contributed by atoms with Gasteiger partial charge in [0.1, 0.15) is 6.33 Å². The molecule has 5 heteroatoms. The molecule has 0 spiro atoms. The Morgan fingerprint density at radius 3 is 2.58 bits per heavy atom. The summed E-state index contributed by atoms with van der Waals surface area (Å²) < 4.78 is 10.3. The molecule has 0 saturated heterocycles. The Kier molecular flexibility index (Phi) is 3.70. The molecule has 0 fully saturated rings. The zero-order chi connectivity index (χ0) is 8.81. The molecule has 0 saturated carbocycles. The van der Waals surface area contributed by atoms with Gasteiger partial charge in [0.2, 0.25) is 0 Å². The van der Waals surface area contributed by atoms with Crippen molar-refractivity contribution in [2.45, 2.75) is 6.92 Å². The topological polar surface area (TPSA) is 44.2 Å². The van der Waals surface area contributed by atoms with Crippen molar-refractivity contribution in [1.82, 2.24) is 9.97 Å². The van der Waals surface area contributed by atoms with Gasteiger partial charge in [-0.3, -0.25) is 0 Å². The first-order valence-electron chi connectivity index (χ1n) is 3.77. The van der Waals surface area contributed by atoms with E-state index < -0.39 is 0 Å². The van der Waals surface area contributed by atoms with Gasteiger partial charge in [-0.05, 0) is 6.92 Å². The van der Waals surface area contributed by atoms with Crippen molar-refractivity contribution in [1.29, 1.82) is 0 Å². The van der Waals surface area contributed by atoms with E-state index in [2.05, 4.69) is 9.97 Å². The van der Waals surface area contributed by atoms with Crippen LogP contribution in [-0.2, 0) is 9.31 Å². The summed E-state index contributed by atoms with van der Waals surface area (Å²) in [5, 5.41) is 0. The lowest BCUT2D eigenvalue weighted by molar-refractivity contribution is 0.253. The van der Waals surface area contributed by atoms with Crippen molar-refractivity contribution in [2.75, 3.05) is 13.7 Å². The fraction of sp³-hybridized carbons (Fsp3) is 0.429. The standard InChI is InChI=1S/C7H11BN2O2/c1-3-12-8(11-2)7-4-9-6-10-5-7/h4-6H,3H2,1-2H3. The summed E-state index contributed by atoms with van der Waals surface area (Å²) >= 11 is 0. The predicted molar refractivity (Wildman–Crippen MR) is 46.1 cm³/mol. The third kappa shape index (κ3) is 2.28. The molecule has 0 N–H and O–H groups in total. The molecular weight excluding hydrogens is 155 g/mol. The van der Waals surface area contributed by atoms with Crippen LogP contribution in [0.2, 0.25) is 0 Å². The monoisotopic (exact) mass is 166 g/mol. The van der Waals surface area contributed by atoms with Gasteiger partial charge in [0, 0.05) is 31.6 Å². The van der Waals surface area contributed by atoms with Crippen molar-refractivity contribution in [3.63, 3.8) is 0 Å². The van der Waals surface area contributed by atoms with E-state index in [-0.39, 0.29) is 7.12 Å². The highest BCUT2D eigenvalue weighted by Crippen LogP contribution is 1.87. The minimum Gasteiger partial charge on any atom is -0.410 e. The Labute approximate surface area is 72.1 Å². The van der Waals surface area contributed by atoms with Crippen LogP contribution in [0.3, 0.4) is 0 Å². The molecule has 0 radical (unpaired) electrons. The van der Waals surface area contributed by atoms with E-state index in [9.17, 15) is 0 Å². The van der Waals surface area contributed by atoms with Gasteiger partial charge in [-0.2, -0.15) is 0 Å². The summed E-state index contributed by atoms with van der Waals surface area (Å²) in [5.74, 6) is 0. The molecule has 1 heterocycles. The molecule has 0 bridgehead atoms. The van der Waals surface area contributed by atoms with Gasteiger partial charge in [0.15, 0.2) is 0 Å². The summed E-state index contributed by atoms with van der Waals surface area (Å²) in [4.78, 5) is 7.73. The van der Waals surface area contributed by atoms with Crippen molar-refractivity contribution >= 4 is 12.6 Å². The summed E-state index contributed by atoms with van der Waals surface area (Å²) in [6.07, 6.45) is 4.83. The van der Waals surface area contributed by atoms with E-state index >= 15 is 0 Å². The Balaban J connectivity index is 2.66. The van der Waals surface area contributed by atoms with E-state index in [1.165, 1.54) is 6.33 Å². The first kappa shape index (κ1) is 9.16. The molecule has 0 aliphatic carbocycles. The van der Waals surface area contributed by atoms with E-state index in [1.807, 2.05) is 6.92 Å². The first-order valence-corrected chi connectivity index (χ1v) is 3.77. The van der Waals surface area contributed by atoms with Gasteiger partial charge in [-0.1, -0.05) is 0 Å². The molecule has 4 nitrogen and oxygen atoms in total. The number of hydrogen-bond acceptors (Lipinski definition) is 4. The minimum atomic E-state index is -0.351. The Morgan fingerprint density at radius 1 is 1.42 bits per heavy atom. The smallest absolute Gasteiger partial charge is 0.410 e. The summed E-state index contributed by atoms with van der Waals surface area (Å²) in [6.45, 7) is 2.52. The van der Waals surface area contributed by atoms with Gasteiger partial charge >= 0.3 is 7.12 Å². The fourth-order valence-corrected chi connectivity index (χ4v) is 0.884. The van der Waals surface area contributed by atoms with Crippen LogP contribution in [0.15, 0.2) is 18.7 Å². The van der Waals surface area contributed by atoms with Crippen molar-refractivity contribution < 1.29 is 9.31 Å². The molecular formula is C7H11BN2O2. The quantitative estimate of drug-likeness (QED) is 0.583. The van der Waals surface area contributed by atoms with Crippen LogP contribution in [0, 0.1) is 0 Å². The minimum absolute atomic E-state index is 0.351. The van der Waals surface area contributed by atoms with Crippen LogP contribution in [-0.4, -0.2) is 30.8 Å². The molecule has 0 aliphatic heterocycles. The Bertz CT molecular complexity index is 220. The average molecular weight is 166 g/mol. The molecule has 1 aromatic rings. The van der Waals surface area contributed by atoms with E-state index in [0.717, 1.165) is 5.46 Å². The maximum atomic E-state index is 5.27. The second kappa shape index (κ2) is 4.85. The van der Waals surface area contributed by atoms with Gasteiger partial charge in [-0.25, -0.2) is 9.97 Å². The number of rotatable bonds is 4. The molecule has 0 amide bonds. The molecule has 12 heavy (non-hydrogen) atoms. The van der Waals surface area contributed by atoms with Gasteiger partial charge < -0.3 is 9.31 Å². The Morgan fingerprint density at radius 2 is 2.08 bits per heavy atom. The maximum Gasteiger partial charge on any atom is 0.496 e. The summed E-state index contributed by atoms with van der Waals surface area (Å²) in [7, 11) is 1.24. The zero-order valence-electron chi connectivity index (χ0n) is 7.23. The summed E-state index contributed by atoms with van der Waals surface area (Å²) in [5.41, 5.74) is 0.835. The first-order chi connectivity index (χ1) is 5.88. The lowest BCUT2D eigenvalue weighted by atomic mass is 9.81. The van der Waals surface area contributed by atoms with Crippen molar-refractivity contribution in [3.05, 3.63) is 18.7 Å². The molecule has 1 aromatic heterocycles. The van der Waals surface area contributed by atoms with Crippen molar-refractivity contribution in [3.8, 4) is 0 Å². The Hall–Kier alpha value is -0.935. The lowest BCUT2D eigenvalue weighted by Crippen LogP contribution is -2.36. The van der Waals surface area contributed by atoms with Crippen LogP contribution in [0.25, 0.3) is 0 Å². The second-order valence-corrected chi connectivity index (χ2v) is 2.19. The highest BCUT2D eigenvalue weighted by atomic mass is 16.6. The third-order valence-corrected chi connectivity index (χ3v) is 1.38. The maximum absolute atomic E-state index is 5.27. The van der Waals surface area contributed by atoms with Crippen molar-refractivity contribution in [2.24, 2.45) is 0 Å². The van der Waals surface area contributed by atoms with Gasteiger partial charge in [0.25, 0.3) is 0 Å². The van der Waals surface area contributed by atoms with Gasteiger partial charge in [-0.15, -0.1) is 0 Å². The molecule has 0 aliphatic rings. The van der Waals surface area contributed by atoms with Crippen LogP contribution >= 0.6 is 0 Å². The SMILES string of the molecule is CCOB(OC)c1cncnc1. The van der Waals surface area contributed by atoms with Crippen LogP contribution in [0.4, 0.5) is 0 Å². The van der Waals surface area contributed by atoms with Crippen LogP contribution in [0.5, 0.6) is 0 Å². The van der Waals surface area contributed by atoms with E-state index in [4.69, 9.17) is 9.31 Å². The van der Waals surface area contributed by atoms with Gasteiger partial charge in [0.05, 0.1) is 0 Å². The van der Waals surface area contributed by atoms with Crippen LogP contribution < -0.4 is 5.46 Å².